The van der Waals surface area contributed by atoms with Crippen LogP contribution in [0.5, 0.6) is 0 Å². The van der Waals surface area contributed by atoms with Crippen LogP contribution in [-0.4, -0.2) is 24.6 Å². The van der Waals surface area contributed by atoms with Gasteiger partial charge in [0.05, 0.1) is 35.4 Å². The number of nitrogens with one attached hydrogen (secondary N) is 2. The van der Waals surface area contributed by atoms with E-state index >= 15 is 0 Å². The van der Waals surface area contributed by atoms with Crippen LogP contribution >= 0.6 is 11.6 Å². The minimum Gasteiger partial charge on any atom is -0.379 e. The Morgan fingerprint density at radius 1 is 1.30 bits per heavy atom. The van der Waals surface area contributed by atoms with Crippen LogP contribution in [0.3, 0.4) is 0 Å². The van der Waals surface area contributed by atoms with E-state index in [-0.39, 0.29) is 0 Å². The summed E-state index contributed by atoms with van der Waals surface area (Å²) in [5, 5.41) is 3.45. The molecule has 0 aliphatic carbocycles. The molecule has 2 N–H and O–H groups in total. The number of anilines is 2. The summed E-state index contributed by atoms with van der Waals surface area (Å²) < 4.78 is 24.6. The van der Waals surface area contributed by atoms with Crippen molar-refractivity contribution in [2.75, 3.05) is 16.3 Å². The lowest BCUT2D eigenvalue weighted by Gasteiger charge is -2.10. The van der Waals surface area contributed by atoms with Crippen molar-refractivity contribution >= 4 is 33.0 Å². The zero-order valence-electron chi connectivity index (χ0n) is 10.7. The molecule has 0 bridgehead atoms. The van der Waals surface area contributed by atoms with Gasteiger partial charge in [0.2, 0.25) is 10.0 Å². The Balaban J connectivity index is 2.06. The predicted octanol–water partition coefficient (Wildman–Crippen LogP) is 2.11. The van der Waals surface area contributed by atoms with E-state index in [9.17, 15) is 8.42 Å². The Hall–Kier alpha value is -1.86. The molecule has 106 valence electrons. The highest BCUT2D eigenvalue weighted by Crippen LogP contribution is 2.26. The molecule has 0 saturated heterocycles. The molecule has 0 amide bonds. The summed E-state index contributed by atoms with van der Waals surface area (Å²) in [5.41, 5.74) is 1.90. The SMILES string of the molecule is CS(=O)(=O)Nc1ccc(NCc2cnccn2)cc1Cl. The van der Waals surface area contributed by atoms with Gasteiger partial charge in [0.25, 0.3) is 0 Å². The van der Waals surface area contributed by atoms with Crippen LogP contribution in [0.2, 0.25) is 5.02 Å². The minimum absolute atomic E-state index is 0.319. The van der Waals surface area contributed by atoms with E-state index in [2.05, 4.69) is 20.0 Å². The molecule has 0 atom stereocenters. The molecule has 0 aliphatic heterocycles. The van der Waals surface area contributed by atoms with Gasteiger partial charge in [-0.1, -0.05) is 11.6 Å². The average molecular weight is 313 g/mol. The average Bonchev–Trinajstić information content (AvgIpc) is 2.39. The fourth-order valence-corrected chi connectivity index (χ4v) is 2.38. The van der Waals surface area contributed by atoms with E-state index in [4.69, 9.17) is 11.6 Å². The van der Waals surface area contributed by atoms with Crippen molar-refractivity contribution in [1.82, 2.24) is 9.97 Å². The van der Waals surface area contributed by atoms with E-state index < -0.39 is 10.0 Å². The molecular formula is C12H13ClN4O2S. The van der Waals surface area contributed by atoms with Gasteiger partial charge in [-0.15, -0.1) is 0 Å². The maximum atomic E-state index is 11.1. The van der Waals surface area contributed by atoms with Gasteiger partial charge >= 0.3 is 0 Å². The first-order chi connectivity index (χ1) is 9.44. The zero-order chi connectivity index (χ0) is 14.6. The highest BCUT2D eigenvalue weighted by Gasteiger charge is 2.07. The van der Waals surface area contributed by atoms with Crippen LogP contribution < -0.4 is 10.0 Å². The molecule has 1 aromatic carbocycles. The number of rotatable bonds is 5. The number of hydrogen-bond acceptors (Lipinski definition) is 5. The maximum Gasteiger partial charge on any atom is 0.229 e. The Bertz CT molecular complexity index is 692. The Morgan fingerprint density at radius 3 is 2.70 bits per heavy atom. The van der Waals surface area contributed by atoms with Crippen LogP contribution in [0.1, 0.15) is 5.69 Å². The highest BCUT2D eigenvalue weighted by atomic mass is 35.5. The second-order valence-corrected chi connectivity index (χ2v) is 6.27. The van der Waals surface area contributed by atoms with Gasteiger partial charge in [0, 0.05) is 18.1 Å². The molecule has 2 aromatic rings. The number of hydrogen-bond donors (Lipinski definition) is 2. The van der Waals surface area contributed by atoms with Crippen molar-refractivity contribution < 1.29 is 8.42 Å². The molecule has 6 nitrogen and oxygen atoms in total. The molecule has 20 heavy (non-hydrogen) atoms. The summed E-state index contributed by atoms with van der Waals surface area (Å²) in [6.07, 6.45) is 5.95. The van der Waals surface area contributed by atoms with Gasteiger partial charge in [0.1, 0.15) is 0 Å². The molecule has 8 heteroatoms. The number of nitrogens with zero attached hydrogens (tertiary/aromatic N) is 2. The number of aromatic nitrogens is 2. The Morgan fingerprint density at radius 2 is 2.10 bits per heavy atom. The zero-order valence-corrected chi connectivity index (χ0v) is 12.2. The second kappa shape index (κ2) is 6.06. The van der Waals surface area contributed by atoms with Crippen molar-refractivity contribution in [2.24, 2.45) is 0 Å². The fourth-order valence-electron chi connectivity index (χ4n) is 1.52. The molecular weight excluding hydrogens is 300 g/mol. The third-order valence-electron chi connectivity index (χ3n) is 2.35. The maximum absolute atomic E-state index is 11.1. The minimum atomic E-state index is -3.34. The first-order valence-electron chi connectivity index (χ1n) is 5.70. The van der Waals surface area contributed by atoms with Gasteiger partial charge in [-0.2, -0.15) is 0 Å². The Kier molecular flexibility index (Phi) is 4.41. The number of sulfonamides is 1. The first-order valence-corrected chi connectivity index (χ1v) is 7.97. The third-order valence-corrected chi connectivity index (χ3v) is 3.26. The van der Waals surface area contributed by atoms with E-state index in [1.165, 1.54) is 0 Å². The molecule has 1 heterocycles. The van der Waals surface area contributed by atoms with Crippen molar-refractivity contribution in [2.45, 2.75) is 6.54 Å². The molecule has 0 unspecified atom stereocenters. The van der Waals surface area contributed by atoms with E-state index in [1.807, 2.05) is 0 Å². The van der Waals surface area contributed by atoms with Crippen LogP contribution in [0.15, 0.2) is 36.8 Å². The molecule has 0 saturated carbocycles. The van der Waals surface area contributed by atoms with Crippen molar-refractivity contribution in [3.8, 4) is 0 Å². The van der Waals surface area contributed by atoms with E-state index in [1.54, 1.807) is 36.8 Å². The van der Waals surface area contributed by atoms with Gasteiger partial charge in [-0.3, -0.25) is 14.7 Å². The van der Waals surface area contributed by atoms with Crippen LogP contribution in [0.25, 0.3) is 0 Å². The van der Waals surface area contributed by atoms with Gasteiger partial charge in [-0.25, -0.2) is 8.42 Å². The van der Waals surface area contributed by atoms with Crippen molar-refractivity contribution in [3.05, 3.63) is 47.5 Å². The van der Waals surface area contributed by atoms with Crippen molar-refractivity contribution in [1.29, 1.82) is 0 Å². The summed E-state index contributed by atoms with van der Waals surface area (Å²) in [6, 6.07) is 4.98. The number of halogens is 1. The Labute approximate surface area is 122 Å². The summed E-state index contributed by atoms with van der Waals surface area (Å²) in [5.74, 6) is 0. The van der Waals surface area contributed by atoms with Gasteiger partial charge in [0.15, 0.2) is 0 Å². The quantitative estimate of drug-likeness (QED) is 0.883. The lowest BCUT2D eigenvalue weighted by Crippen LogP contribution is -2.10. The predicted molar refractivity (Wildman–Crippen MR) is 79.3 cm³/mol. The number of benzene rings is 1. The topological polar surface area (TPSA) is 84.0 Å². The molecule has 0 aliphatic rings. The van der Waals surface area contributed by atoms with Crippen molar-refractivity contribution in [3.63, 3.8) is 0 Å². The summed E-state index contributed by atoms with van der Waals surface area (Å²) in [4.78, 5) is 8.10. The standard InChI is InChI=1S/C12H13ClN4O2S/c1-20(18,19)17-12-3-2-9(6-11(12)13)16-8-10-7-14-4-5-15-10/h2-7,16-17H,8H2,1H3. The van der Waals surface area contributed by atoms with E-state index in [0.717, 1.165) is 17.6 Å². The molecule has 0 fully saturated rings. The monoisotopic (exact) mass is 312 g/mol. The summed E-state index contributed by atoms with van der Waals surface area (Å²) in [6.45, 7) is 0.503. The molecule has 0 spiro atoms. The van der Waals surface area contributed by atoms with Gasteiger partial charge in [-0.05, 0) is 18.2 Å². The summed E-state index contributed by atoms with van der Waals surface area (Å²) in [7, 11) is -3.34. The van der Waals surface area contributed by atoms with Crippen LogP contribution in [0.4, 0.5) is 11.4 Å². The first kappa shape index (κ1) is 14.5. The normalized spacial score (nSPS) is 11.1. The lowest BCUT2D eigenvalue weighted by atomic mass is 10.3. The molecule has 2 rings (SSSR count). The molecule has 1 aromatic heterocycles. The largest absolute Gasteiger partial charge is 0.379 e. The lowest BCUT2D eigenvalue weighted by molar-refractivity contribution is 0.607. The fraction of sp³-hybridized carbons (Fsp3) is 0.167. The van der Waals surface area contributed by atoms with Crippen LogP contribution in [0, 0.1) is 0 Å². The van der Waals surface area contributed by atoms with Crippen LogP contribution in [-0.2, 0) is 16.6 Å². The highest BCUT2D eigenvalue weighted by molar-refractivity contribution is 7.92. The smallest absolute Gasteiger partial charge is 0.229 e. The third kappa shape index (κ3) is 4.36. The summed E-state index contributed by atoms with van der Waals surface area (Å²) >= 11 is 6.02. The second-order valence-electron chi connectivity index (χ2n) is 4.12. The van der Waals surface area contributed by atoms with E-state index in [0.29, 0.717) is 17.3 Å². The molecule has 0 radical (unpaired) electrons. The van der Waals surface area contributed by atoms with Gasteiger partial charge < -0.3 is 5.32 Å².